The zero-order chi connectivity index (χ0) is 13.9. The van der Waals surface area contributed by atoms with Crippen molar-refractivity contribution in [3.05, 3.63) is 0 Å². The predicted octanol–water partition coefficient (Wildman–Crippen LogP) is 0.557. The van der Waals surface area contributed by atoms with E-state index in [9.17, 15) is 4.79 Å². The molecule has 0 unspecified atom stereocenters. The molecule has 0 aromatic heterocycles. The van der Waals surface area contributed by atoms with Crippen LogP contribution in [0, 0.1) is 0 Å². The van der Waals surface area contributed by atoms with E-state index in [4.69, 9.17) is 4.74 Å². The van der Waals surface area contributed by atoms with Crippen molar-refractivity contribution in [3.63, 3.8) is 0 Å². The summed E-state index contributed by atoms with van der Waals surface area (Å²) in [5.41, 5.74) is 0. The minimum atomic E-state index is 0.129. The van der Waals surface area contributed by atoms with Crippen molar-refractivity contribution in [3.8, 4) is 0 Å². The van der Waals surface area contributed by atoms with Crippen LogP contribution in [0.1, 0.15) is 26.7 Å². The number of amides is 1. The van der Waals surface area contributed by atoms with E-state index in [1.165, 1.54) is 0 Å². The first-order valence-corrected chi connectivity index (χ1v) is 7.56. The smallest absolute Gasteiger partial charge is 0.248 e. The quantitative estimate of drug-likeness (QED) is 0.622. The molecule has 1 aliphatic rings. The van der Waals surface area contributed by atoms with Gasteiger partial charge in [-0.15, -0.1) is 0 Å². The molecule has 1 fully saturated rings. The Bertz CT molecular complexity index is 237. The van der Waals surface area contributed by atoms with E-state index in [0.29, 0.717) is 6.61 Å². The van der Waals surface area contributed by atoms with E-state index < -0.39 is 0 Å². The molecule has 1 saturated heterocycles. The number of piperazine rings is 1. The number of ether oxygens (including phenoxy) is 1. The Hall–Kier alpha value is -0.650. The normalized spacial score (nSPS) is 16.5. The minimum absolute atomic E-state index is 0.129. The van der Waals surface area contributed by atoms with Gasteiger partial charge in [0.15, 0.2) is 0 Å². The van der Waals surface area contributed by atoms with Crippen molar-refractivity contribution in [2.45, 2.75) is 26.7 Å². The summed E-state index contributed by atoms with van der Waals surface area (Å²) < 4.78 is 5.52. The molecule has 1 rings (SSSR count). The second kappa shape index (κ2) is 10.2. The summed E-state index contributed by atoms with van der Waals surface area (Å²) in [6.07, 6.45) is 2.01. The highest BCUT2D eigenvalue weighted by Gasteiger charge is 2.12. The Morgan fingerprint density at radius 3 is 2.42 bits per heavy atom. The zero-order valence-corrected chi connectivity index (χ0v) is 12.5. The summed E-state index contributed by atoms with van der Waals surface area (Å²) in [6.45, 7) is 12.0. The molecule has 1 N–H and O–H groups in total. The first-order chi connectivity index (χ1) is 9.27. The fraction of sp³-hybridized carbons (Fsp3) is 0.929. The SMILES string of the molecule is CCCN(CCC)C(=O)COCCN1CCNCC1. The van der Waals surface area contributed by atoms with Crippen molar-refractivity contribution < 1.29 is 9.53 Å². The van der Waals surface area contributed by atoms with Gasteiger partial charge in [0.25, 0.3) is 0 Å². The van der Waals surface area contributed by atoms with Crippen molar-refractivity contribution in [1.82, 2.24) is 15.1 Å². The molecular weight excluding hydrogens is 242 g/mol. The average Bonchev–Trinajstić information content (AvgIpc) is 2.44. The summed E-state index contributed by atoms with van der Waals surface area (Å²) in [6, 6.07) is 0. The van der Waals surface area contributed by atoms with Crippen LogP contribution in [0.2, 0.25) is 0 Å². The van der Waals surface area contributed by atoms with E-state index in [-0.39, 0.29) is 12.5 Å². The average molecular weight is 271 g/mol. The fourth-order valence-electron chi connectivity index (χ4n) is 2.28. The second-order valence-corrected chi connectivity index (χ2v) is 5.03. The maximum atomic E-state index is 12.0. The van der Waals surface area contributed by atoms with E-state index in [0.717, 1.165) is 58.7 Å². The maximum Gasteiger partial charge on any atom is 0.248 e. The molecule has 112 valence electrons. The van der Waals surface area contributed by atoms with Gasteiger partial charge in [-0.25, -0.2) is 0 Å². The highest BCUT2D eigenvalue weighted by atomic mass is 16.5. The summed E-state index contributed by atoms with van der Waals surface area (Å²) in [5, 5.41) is 3.32. The summed E-state index contributed by atoms with van der Waals surface area (Å²) in [7, 11) is 0. The van der Waals surface area contributed by atoms with Crippen LogP contribution in [0.3, 0.4) is 0 Å². The lowest BCUT2D eigenvalue weighted by Gasteiger charge is -2.27. The lowest BCUT2D eigenvalue weighted by atomic mass is 10.3. The van der Waals surface area contributed by atoms with Gasteiger partial charge in [0.2, 0.25) is 5.91 Å². The summed E-state index contributed by atoms with van der Waals surface area (Å²) in [4.78, 5) is 16.2. The van der Waals surface area contributed by atoms with Gasteiger partial charge in [0.05, 0.1) is 6.61 Å². The molecule has 5 heteroatoms. The van der Waals surface area contributed by atoms with Crippen LogP contribution in [-0.2, 0) is 9.53 Å². The molecule has 0 spiro atoms. The summed E-state index contributed by atoms with van der Waals surface area (Å²) in [5.74, 6) is 0.129. The van der Waals surface area contributed by atoms with Crippen LogP contribution in [0.4, 0.5) is 0 Å². The number of nitrogens with one attached hydrogen (secondary N) is 1. The largest absolute Gasteiger partial charge is 0.370 e. The van der Waals surface area contributed by atoms with Gasteiger partial charge in [-0.05, 0) is 12.8 Å². The van der Waals surface area contributed by atoms with Gasteiger partial charge in [0, 0.05) is 45.8 Å². The highest BCUT2D eigenvalue weighted by Crippen LogP contribution is 1.97. The molecule has 0 bridgehead atoms. The van der Waals surface area contributed by atoms with Gasteiger partial charge < -0.3 is 15.0 Å². The number of hydrogen-bond acceptors (Lipinski definition) is 4. The maximum absolute atomic E-state index is 12.0. The third-order valence-electron chi connectivity index (χ3n) is 3.33. The van der Waals surface area contributed by atoms with Crippen molar-refractivity contribution in [1.29, 1.82) is 0 Å². The van der Waals surface area contributed by atoms with Crippen molar-refractivity contribution in [2.24, 2.45) is 0 Å². The first kappa shape index (κ1) is 16.4. The first-order valence-electron chi connectivity index (χ1n) is 7.56. The van der Waals surface area contributed by atoms with Crippen LogP contribution >= 0.6 is 0 Å². The number of carbonyl (C=O) groups is 1. The monoisotopic (exact) mass is 271 g/mol. The summed E-state index contributed by atoms with van der Waals surface area (Å²) >= 11 is 0. The number of carbonyl (C=O) groups excluding carboxylic acids is 1. The second-order valence-electron chi connectivity index (χ2n) is 5.03. The molecule has 1 heterocycles. The Kier molecular flexibility index (Phi) is 8.79. The fourth-order valence-corrected chi connectivity index (χ4v) is 2.28. The Balaban J connectivity index is 2.10. The molecule has 0 aromatic carbocycles. The Labute approximate surface area is 117 Å². The van der Waals surface area contributed by atoms with Crippen LogP contribution in [0.25, 0.3) is 0 Å². The van der Waals surface area contributed by atoms with Crippen LogP contribution in [0.5, 0.6) is 0 Å². The van der Waals surface area contributed by atoms with Gasteiger partial charge in [-0.1, -0.05) is 13.8 Å². The Morgan fingerprint density at radius 2 is 1.84 bits per heavy atom. The molecular formula is C14H29N3O2. The third-order valence-corrected chi connectivity index (χ3v) is 3.33. The van der Waals surface area contributed by atoms with Crippen molar-refractivity contribution >= 4 is 5.91 Å². The molecule has 5 nitrogen and oxygen atoms in total. The predicted molar refractivity (Wildman–Crippen MR) is 77.3 cm³/mol. The van der Waals surface area contributed by atoms with Crippen molar-refractivity contribution in [2.75, 3.05) is 59.0 Å². The standard InChI is InChI=1S/C14H29N3O2/c1-3-7-17(8-4-2)14(18)13-19-12-11-16-9-5-15-6-10-16/h15H,3-13H2,1-2H3. The molecule has 0 saturated carbocycles. The zero-order valence-electron chi connectivity index (χ0n) is 12.5. The van der Waals surface area contributed by atoms with E-state index in [1.807, 2.05) is 4.90 Å². The topological polar surface area (TPSA) is 44.8 Å². The third kappa shape index (κ3) is 6.89. The molecule has 0 aliphatic carbocycles. The molecule has 0 radical (unpaired) electrons. The molecule has 19 heavy (non-hydrogen) atoms. The lowest BCUT2D eigenvalue weighted by Crippen LogP contribution is -2.44. The number of rotatable bonds is 9. The molecule has 1 aliphatic heterocycles. The van der Waals surface area contributed by atoms with Crippen LogP contribution < -0.4 is 5.32 Å². The molecule has 0 atom stereocenters. The van der Waals surface area contributed by atoms with Gasteiger partial charge in [-0.3, -0.25) is 9.69 Å². The number of nitrogens with zero attached hydrogens (tertiary/aromatic N) is 2. The van der Waals surface area contributed by atoms with E-state index >= 15 is 0 Å². The molecule has 1 amide bonds. The lowest BCUT2D eigenvalue weighted by molar-refractivity contribution is -0.136. The van der Waals surface area contributed by atoms with E-state index in [1.54, 1.807) is 0 Å². The minimum Gasteiger partial charge on any atom is -0.370 e. The number of hydrogen-bond donors (Lipinski definition) is 1. The van der Waals surface area contributed by atoms with Gasteiger partial charge >= 0.3 is 0 Å². The van der Waals surface area contributed by atoms with Crippen LogP contribution in [0.15, 0.2) is 0 Å². The van der Waals surface area contributed by atoms with Gasteiger partial charge in [0.1, 0.15) is 6.61 Å². The van der Waals surface area contributed by atoms with Crippen LogP contribution in [-0.4, -0.2) is 74.7 Å². The Morgan fingerprint density at radius 1 is 1.21 bits per heavy atom. The van der Waals surface area contributed by atoms with E-state index in [2.05, 4.69) is 24.1 Å². The van der Waals surface area contributed by atoms with Gasteiger partial charge in [-0.2, -0.15) is 0 Å². The highest BCUT2D eigenvalue weighted by molar-refractivity contribution is 5.77. The molecule has 0 aromatic rings.